The number of thioether (sulfide) groups is 1. The van der Waals surface area contributed by atoms with Crippen molar-refractivity contribution in [3.63, 3.8) is 0 Å². The van der Waals surface area contributed by atoms with Crippen molar-refractivity contribution in [2.24, 2.45) is 22.7 Å². The minimum atomic E-state index is 0.664. The fourth-order valence-electron chi connectivity index (χ4n) is 3.00. The van der Waals surface area contributed by atoms with Crippen molar-refractivity contribution < 1.29 is 0 Å². The molecule has 1 aliphatic heterocycles. The topological polar surface area (TPSA) is 24.4 Å². The molecule has 0 spiro atoms. The average Bonchev–Trinajstić information content (AvgIpc) is 2.88. The molecule has 0 aromatic rings. The Kier molecular flexibility index (Phi) is 4.40. The molecule has 2 rings (SSSR count). The molecule has 4 unspecified atom stereocenters. The van der Waals surface area contributed by atoms with Gasteiger partial charge in [-0.1, -0.05) is 45.9 Å². The predicted octanol–water partition coefficient (Wildman–Crippen LogP) is 3.53. The number of aliphatic imine (C=N–C) groups is 1. The first-order valence-electron chi connectivity index (χ1n) is 7.09. The zero-order chi connectivity index (χ0) is 12.4. The van der Waals surface area contributed by atoms with Crippen molar-refractivity contribution >= 4 is 16.9 Å². The molecule has 0 aromatic carbocycles. The number of hydrogen-bond donors (Lipinski definition) is 1. The summed E-state index contributed by atoms with van der Waals surface area (Å²) in [5.74, 6) is 2.45. The van der Waals surface area contributed by atoms with Gasteiger partial charge in [0, 0.05) is 11.3 Å². The largest absolute Gasteiger partial charge is 0.362 e. The van der Waals surface area contributed by atoms with Crippen LogP contribution in [0, 0.1) is 17.8 Å². The van der Waals surface area contributed by atoms with Gasteiger partial charge in [0.15, 0.2) is 5.17 Å². The highest BCUT2D eigenvalue weighted by Gasteiger charge is 2.33. The van der Waals surface area contributed by atoms with Crippen molar-refractivity contribution in [2.45, 2.75) is 58.2 Å². The highest BCUT2D eigenvalue weighted by atomic mass is 32.2. The molecule has 1 fully saturated rings. The second-order valence-corrected chi connectivity index (χ2v) is 7.13. The lowest BCUT2D eigenvalue weighted by Crippen LogP contribution is -2.35. The Morgan fingerprint density at radius 2 is 2.18 bits per heavy atom. The highest BCUT2D eigenvalue weighted by molar-refractivity contribution is 8.14. The van der Waals surface area contributed by atoms with Crippen molar-refractivity contribution in [1.82, 2.24) is 5.32 Å². The maximum atomic E-state index is 4.66. The molecule has 0 saturated heterocycles. The van der Waals surface area contributed by atoms with Crippen LogP contribution in [0.4, 0.5) is 0 Å². The van der Waals surface area contributed by atoms with Gasteiger partial charge in [-0.05, 0) is 30.6 Å². The summed E-state index contributed by atoms with van der Waals surface area (Å²) in [4.78, 5) is 4.66. The smallest absolute Gasteiger partial charge is 0.157 e. The second kappa shape index (κ2) is 5.64. The molecular formula is C14H26N2S. The maximum Gasteiger partial charge on any atom is 0.157 e. The van der Waals surface area contributed by atoms with Crippen LogP contribution in [-0.2, 0) is 0 Å². The molecule has 2 aliphatic rings. The fourth-order valence-corrected chi connectivity index (χ4v) is 4.08. The van der Waals surface area contributed by atoms with E-state index < -0.39 is 0 Å². The van der Waals surface area contributed by atoms with Gasteiger partial charge in [0.2, 0.25) is 0 Å². The zero-order valence-electron chi connectivity index (χ0n) is 11.6. The highest BCUT2D eigenvalue weighted by Crippen LogP contribution is 2.35. The summed E-state index contributed by atoms with van der Waals surface area (Å²) in [6, 6.07) is 0.664. The SMILES string of the molecule is CCC1CCC(NC2=NCC(C(C)C)S2)C1C. The van der Waals surface area contributed by atoms with E-state index in [1.54, 1.807) is 0 Å². The van der Waals surface area contributed by atoms with Crippen LogP contribution >= 0.6 is 11.8 Å². The molecule has 17 heavy (non-hydrogen) atoms. The summed E-state index contributed by atoms with van der Waals surface area (Å²) in [5.41, 5.74) is 0. The van der Waals surface area contributed by atoms with Gasteiger partial charge in [0.05, 0.1) is 6.54 Å². The van der Waals surface area contributed by atoms with Gasteiger partial charge in [-0.25, -0.2) is 0 Å². The third-order valence-corrected chi connectivity index (χ3v) is 5.95. The van der Waals surface area contributed by atoms with Gasteiger partial charge < -0.3 is 5.32 Å². The Labute approximate surface area is 110 Å². The molecule has 3 heteroatoms. The maximum absolute atomic E-state index is 4.66. The molecular weight excluding hydrogens is 228 g/mol. The number of nitrogens with zero attached hydrogens (tertiary/aromatic N) is 1. The van der Waals surface area contributed by atoms with Crippen LogP contribution < -0.4 is 5.32 Å². The van der Waals surface area contributed by atoms with Crippen molar-refractivity contribution in [3.8, 4) is 0 Å². The molecule has 1 heterocycles. The lowest BCUT2D eigenvalue weighted by atomic mass is 9.94. The third kappa shape index (κ3) is 2.98. The summed E-state index contributed by atoms with van der Waals surface area (Å²) < 4.78 is 0. The molecule has 0 radical (unpaired) electrons. The van der Waals surface area contributed by atoms with Gasteiger partial charge in [0.1, 0.15) is 0 Å². The van der Waals surface area contributed by atoms with Crippen LogP contribution in [-0.4, -0.2) is 23.0 Å². The van der Waals surface area contributed by atoms with Gasteiger partial charge >= 0.3 is 0 Å². The Morgan fingerprint density at radius 3 is 2.71 bits per heavy atom. The molecule has 0 bridgehead atoms. The van der Waals surface area contributed by atoms with E-state index in [1.807, 2.05) is 11.8 Å². The molecule has 4 atom stereocenters. The van der Waals surface area contributed by atoms with E-state index in [4.69, 9.17) is 0 Å². The normalized spacial score (nSPS) is 37.6. The van der Waals surface area contributed by atoms with E-state index in [0.29, 0.717) is 11.3 Å². The summed E-state index contributed by atoms with van der Waals surface area (Å²) in [5, 5.41) is 5.59. The Balaban J connectivity index is 1.83. The zero-order valence-corrected chi connectivity index (χ0v) is 12.4. The Morgan fingerprint density at radius 1 is 1.41 bits per heavy atom. The quantitative estimate of drug-likeness (QED) is 0.833. The van der Waals surface area contributed by atoms with E-state index in [0.717, 1.165) is 24.3 Å². The van der Waals surface area contributed by atoms with Crippen molar-refractivity contribution in [1.29, 1.82) is 0 Å². The standard InChI is InChI=1S/C14H26N2S/c1-5-11-6-7-12(10(11)4)16-14-15-8-13(17-14)9(2)3/h9-13H,5-8H2,1-4H3,(H,15,16). The predicted molar refractivity (Wildman–Crippen MR) is 77.6 cm³/mol. The molecule has 1 aliphatic carbocycles. The first kappa shape index (κ1) is 13.3. The monoisotopic (exact) mass is 254 g/mol. The fraction of sp³-hybridized carbons (Fsp3) is 0.929. The average molecular weight is 254 g/mol. The Bertz CT molecular complexity index is 288. The van der Waals surface area contributed by atoms with E-state index in [-0.39, 0.29) is 0 Å². The first-order valence-corrected chi connectivity index (χ1v) is 7.97. The van der Waals surface area contributed by atoms with E-state index in [2.05, 4.69) is 38.0 Å². The molecule has 1 saturated carbocycles. The first-order chi connectivity index (χ1) is 8.11. The lowest BCUT2D eigenvalue weighted by molar-refractivity contribution is 0.369. The Hall–Kier alpha value is -0.180. The number of nitrogens with one attached hydrogen (secondary N) is 1. The number of hydrogen-bond acceptors (Lipinski definition) is 3. The van der Waals surface area contributed by atoms with E-state index >= 15 is 0 Å². The summed E-state index contributed by atoms with van der Waals surface area (Å²) in [6.07, 6.45) is 4.04. The van der Waals surface area contributed by atoms with Crippen LogP contribution in [0.25, 0.3) is 0 Å². The van der Waals surface area contributed by atoms with Crippen LogP contribution in [0.1, 0.15) is 47.0 Å². The van der Waals surface area contributed by atoms with E-state index in [9.17, 15) is 0 Å². The minimum absolute atomic E-state index is 0.664. The van der Waals surface area contributed by atoms with Crippen molar-refractivity contribution in [2.75, 3.05) is 6.54 Å². The van der Waals surface area contributed by atoms with E-state index in [1.165, 1.54) is 24.4 Å². The van der Waals surface area contributed by atoms with Gasteiger partial charge in [-0.3, -0.25) is 4.99 Å². The van der Waals surface area contributed by atoms with Gasteiger partial charge in [-0.2, -0.15) is 0 Å². The lowest BCUT2D eigenvalue weighted by Gasteiger charge is -2.22. The second-order valence-electron chi connectivity index (χ2n) is 5.90. The van der Waals surface area contributed by atoms with Crippen molar-refractivity contribution in [3.05, 3.63) is 0 Å². The summed E-state index contributed by atoms with van der Waals surface area (Å²) >= 11 is 1.96. The number of rotatable bonds is 3. The van der Waals surface area contributed by atoms with Crippen LogP contribution in [0.3, 0.4) is 0 Å². The van der Waals surface area contributed by atoms with Gasteiger partial charge in [0.25, 0.3) is 0 Å². The molecule has 0 aromatic heterocycles. The third-order valence-electron chi connectivity index (χ3n) is 4.48. The summed E-state index contributed by atoms with van der Waals surface area (Å²) in [6.45, 7) is 10.3. The molecule has 1 N–H and O–H groups in total. The van der Waals surface area contributed by atoms with Gasteiger partial charge in [-0.15, -0.1) is 0 Å². The minimum Gasteiger partial charge on any atom is -0.362 e. The molecule has 98 valence electrons. The molecule has 2 nitrogen and oxygen atoms in total. The number of amidine groups is 1. The van der Waals surface area contributed by atoms with Crippen LogP contribution in [0.2, 0.25) is 0 Å². The molecule has 0 amide bonds. The summed E-state index contributed by atoms with van der Waals surface area (Å²) in [7, 11) is 0. The van der Waals surface area contributed by atoms with Crippen LogP contribution in [0.15, 0.2) is 4.99 Å². The van der Waals surface area contributed by atoms with Crippen LogP contribution in [0.5, 0.6) is 0 Å².